The van der Waals surface area contributed by atoms with Crippen LogP contribution in [0.15, 0.2) is 71.6 Å². The van der Waals surface area contributed by atoms with Crippen molar-refractivity contribution in [1.82, 2.24) is 0 Å². The maximum atomic E-state index is 12.9. The Balaban J connectivity index is 1.62. The van der Waals surface area contributed by atoms with Crippen LogP contribution in [0.5, 0.6) is 0 Å². The van der Waals surface area contributed by atoms with Gasteiger partial charge in [0, 0.05) is 22.8 Å². The summed E-state index contributed by atoms with van der Waals surface area (Å²) in [6, 6.07) is 19.0. The third-order valence-electron chi connectivity index (χ3n) is 5.03. The predicted octanol–water partition coefficient (Wildman–Crippen LogP) is 4.65. The van der Waals surface area contributed by atoms with Gasteiger partial charge in [0.15, 0.2) is 0 Å². The highest BCUT2D eigenvalue weighted by atomic mass is 35.5. The zero-order valence-electron chi connectivity index (χ0n) is 15.7. The molecule has 4 rings (SSSR count). The first-order chi connectivity index (χ1) is 13.9. The molecule has 0 bridgehead atoms. The Morgan fingerprint density at radius 2 is 1.79 bits per heavy atom. The maximum absolute atomic E-state index is 12.9. The largest absolute Gasteiger partial charge is 0.308 e. The highest BCUT2D eigenvalue weighted by Gasteiger charge is 2.27. The summed E-state index contributed by atoms with van der Waals surface area (Å²) in [7, 11) is -3.78. The Hall–Kier alpha value is -2.83. The minimum absolute atomic E-state index is 0.0902. The van der Waals surface area contributed by atoms with E-state index in [0.29, 0.717) is 34.8 Å². The lowest BCUT2D eigenvalue weighted by molar-refractivity contribution is 0.0989. The molecule has 0 fully saturated rings. The van der Waals surface area contributed by atoms with Gasteiger partial charge in [-0.1, -0.05) is 35.9 Å². The van der Waals surface area contributed by atoms with E-state index in [1.165, 1.54) is 6.07 Å². The number of halogens is 1. The van der Waals surface area contributed by atoms with Gasteiger partial charge in [-0.15, -0.1) is 0 Å². The molecular formula is C22H19ClN2O3S. The van der Waals surface area contributed by atoms with E-state index >= 15 is 0 Å². The Bertz CT molecular complexity index is 1190. The van der Waals surface area contributed by atoms with Gasteiger partial charge < -0.3 is 4.90 Å². The van der Waals surface area contributed by atoms with Crippen LogP contribution in [0.2, 0.25) is 5.02 Å². The van der Waals surface area contributed by atoms with Gasteiger partial charge in [0.25, 0.3) is 15.9 Å². The lowest BCUT2D eigenvalue weighted by atomic mass is 10.1. The summed E-state index contributed by atoms with van der Waals surface area (Å²) >= 11 is 6.09. The molecule has 0 radical (unpaired) electrons. The van der Waals surface area contributed by atoms with Crippen molar-refractivity contribution in [2.24, 2.45) is 0 Å². The molecule has 0 atom stereocenters. The number of carbonyl (C=O) groups is 1. The number of carbonyl (C=O) groups excluding carboxylic acids is 1. The SMILES string of the molecule is Cc1c(Cl)cccc1NS(=O)(=O)c1ccc2c(c1)CCN2C(=O)c1ccccc1. The number of nitrogens with zero attached hydrogens (tertiary/aromatic N) is 1. The number of fused-ring (bicyclic) bond motifs is 1. The van der Waals surface area contributed by atoms with E-state index in [4.69, 9.17) is 11.6 Å². The Labute approximate surface area is 175 Å². The molecule has 1 aliphatic rings. The molecule has 1 N–H and O–H groups in total. The van der Waals surface area contributed by atoms with Crippen molar-refractivity contribution in [3.05, 3.63) is 88.4 Å². The van der Waals surface area contributed by atoms with Crippen LogP contribution in [0.3, 0.4) is 0 Å². The van der Waals surface area contributed by atoms with E-state index in [1.807, 2.05) is 18.2 Å². The summed E-state index contributed by atoms with van der Waals surface area (Å²) < 4.78 is 28.3. The Morgan fingerprint density at radius 3 is 2.55 bits per heavy atom. The monoisotopic (exact) mass is 426 g/mol. The fraction of sp³-hybridized carbons (Fsp3) is 0.136. The van der Waals surface area contributed by atoms with Gasteiger partial charge >= 0.3 is 0 Å². The molecule has 1 amide bonds. The van der Waals surface area contributed by atoms with Crippen molar-refractivity contribution >= 4 is 38.9 Å². The number of benzene rings is 3. The topological polar surface area (TPSA) is 66.5 Å². The van der Waals surface area contributed by atoms with Crippen molar-refractivity contribution in [3.8, 4) is 0 Å². The van der Waals surface area contributed by atoms with Gasteiger partial charge in [0.05, 0.1) is 10.6 Å². The molecule has 0 aromatic heterocycles. The lowest BCUT2D eigenvalue weighted by Crippen LogP contribution is -2.28. The minimum Gasteiger partial charge on any atom is -0.308 e. The minimum atomic E-state index is -3.78. The Morgan fingerprint density at radius 1 is 1.03 bits per heavy atom. The third kappa shape index (κ3) is 3.73. The van der Waals surface area contributed by atoms with E-state index in [2.05, 4.69) is 4.72 Å². The quantitative estimate of drug-likeness (QED) is 0.660. The molecule has 148 valence electrons. The molecule has 1 aliphatic heterocycles. The van der Waals surface area contributed by atoms with E-state index in [-0.39, 0.29) is 10.8 Å². The number of sulfonamides is 1. The number of nitrogens with one attached hydrogen (secondary N) is 1. The summed E-state index contributed by atoms with van der Waals surface area (Å²) in [5.74, 6) is -0.0902. The fourth-order valence-corrected chi connectivity index (χ4v) is 4.76. The molecule has 0 unspecified atom stereocenters. The molecule has 0 saturated heterocycles. The number of anilines is 2. The summed E-state index contributed by atoms with van der Waals surface area (Å²) in [6.45, 7) is 2.28. The van der Waals surface area contributed by atoms with Crippen LogP contribution in [0.1, 0.15) is 21.5 Å². The van der Waals surface area contributed by atoms with Crippen molar-refractivity contribution in [3.63, 3.8) is 0 Å². The van der Waals surface area contributed by atoms with E-state index in [1.54, 1.807) is 54.3 Å². The third-order valence-corrected chi connectivity index (χ3v) is 6.81. The number of hydrogen-bond acceptors (Lipinski definition) is 3. The highest BCUT2D eigenvalue weighted by molar-refractivity contribution is 7.92. The first-order valence-electron chi connectivity index (χ1n) is 9.14. The zero-order valence-corrected chi connectivity index (χ0v) is 17.3. The molecule has 5 nitrogen and oxygen atoms in total. The van der Waals surface area contributed by atoms with Crippen molar-refractivity contribution in [1.29, 1.82) is 0 Å². The van der Waals surface area contributed by atoms with Crippen molar-refractivity contribution < 1.29 is 13.2 Å². The molecule has 0 spiro atoms. The van der Waals surface area contributed by atoms with E-state index in [0.717, 1.165) is 11.3 Å². The first-order valence-corrected chi connectivity index (χ1v) is 11.0. The first kappa shape index (κ1) is 19.5. The van der Waals surface area contributed by atoms with Gasteiger partial charge in [0.1, 0.15) is 0 Å². The number of amides is 1. The van der Waals surface area contributed by atoms with E-state index < -0.39 is 10.0 Å². The molecule has 0 saturated carbocycles. The van der Waals surface area contributed by atoms with Crippen LogP contribution in [-0.2, 0) is 16.4 Å². The molecule has 0 aliphatic carbocycles. The highest BCUT2D eigenvalue weighted by Crippen LogP contribution is 2.32. The maximum Gasteiger partial charge on any atom is 0.261 e. The second kappa shape index (κ2) is 7.54. The molecule has 1 heterocycles. The average molecular weight is 427 g/mol. The van der Waals surface area contributed by atoms with Gasteiger partial charge in [-0.25, -0.2) is 8.42 Å². The van der Waals surface area contributed by atoms with Gasteiger partial charge in [-0.3, -0.25) is 9.52 Å². The van der Waals surface area contributed by atoms with Crippen molar-refractivity contribution in [2.75, 3.05) is 16.2 Å². The molecule has 3 aromatic carbocycles. The number of hydrogen-bond donors (Lipinski definition) is 1. The van der Waals surface area contributed by atoms with Crippen LogP contribution >= 0.6 is 11.6 Å². The summed E-state index contributed by atoms with van der Waals surface area (Å²) in [4.78, 5) is 14.6. The van der Waals surface area contributed by atoms with Gasteiger partial charge in [0.2, 0.25) is 0 Å². The van der Waals surface area contributed by atoms with Crippen LogP contribution in [0.4, 0.5) is 11.4 Å². The zero-order chi connectivity index (χ0) is 20.6. The lowest BCUT2D eigenvalue weighted by Gasteiger charge is -2.18. The van der Waals surface area contributed by atoms with Gasteiger partial charge in [-0.2, -0.15) is 0 Å². The van der Waals surface area contributed by atoms with Crippen LogP contribution < -0.4 is 9.62 Å². The second-order valence-electron chi connectivity index (χ2n) is 6.88. The Kier molecular flexibility index (Phi) is 5.06. The van der Waals surface area contributed by atoms with Gasteiger partial charge in [-0.05, 0) is 66.9 Å². The fourth-order valence-electron chi connectivity index (χ4n) is 3.41. The molecule has 29 heavy (non-hydrogen) atoms. The molecular weight excluding hydrogens is 408 g/mol. The molecule has 3 aromatic rings. The summed E-state index contributed by atoms with van der Waals surface area (Å²) in [6.07, 6.45) is 0.605. The second-order valence-corrected chi connectivity index (χ2v) is 8.97. The summed E-state index contributed by atoms with van der Waals surface area (Å²) in [5.41, 5.74) is 3.30. The predicted molar refractivity (Wildman–Crippen MR) is 115 cm³/mol. The number of rotatable bonds is 4. The smallest absolute Gasteiger partial charge is 0.261 e. The standard InChI is InChI=1S/C22H19ClN2O3S/c1-15-19(23)8-5-9-20(15)24-29(27,28)18-10-11-21-17(14-18)12-13-25(21)22(26)16-6-3-2-4-7-16/h2-11,14,24H,12-13H2,1H3. The van der Waals surface area contributed by atoms with Crippen molar-refractivity contribution in [2.45, 2.75) is 18.2 Å². The average Bonchev–Trinajstić information content (AvgIpc) is 3.15. The summed E-state index contributed by atoms with van der Waals surface area (Å²) in [5, 5.41) is 0.495. The molecule has 7 heteroatoms. The van der Waals surface area contributed by atoms with Crippen LogP contribution in [-0.4, -0.2) is 20.9 Å². The normalized spacial score (nSPS) is 13.2. The van der Waals surface area contributed by atoms with E-state index in [9.17, 15) is 13.2 Å². The van der Waals surface area contributed by atoms with Crippen LogP contribution in [0, 0.1) is 6.92 Å². The van der Waals surface area contributed by atoms with Crippen LogP contribution in [0.25, 0.3) is 0 Å².